The van der Waals surface area contributed by atoms with E-state index in [1.54, 1.807) is 11.3 Å². The average molecular weight is 260 g/mol. The number of benzene rings is 1. The lowest BCUT2D eigenvalue weighted by atomic mass is 10.0. The van der Waals surface area contributed by atoms with Crippen molar-refractivity contribution >= 4 is 11.3 Å². The summed E-state index contributed by atoms with van der Waals surface area (Å²) >= 11 is 1.76. The molecule has 0 amide bonds. The number of thiazole rings is 1. The van der Waals surface area contributed by atoms with Gasteiger partial charge in [-0.3, -0.25) is 0 Å². The van der Waals surface area contributed by atoms with Gasteiger partial charge in [-0.05, 0) is 31.5 Å². The van der Waals surface area contributed by atoms with Gasteiger partial charge < -0.3 is 5.32 Å². The van der Waals surface area contributed by atoms with Crippen molar-refractivity contribution < 1.29 is 0 Å². The second-order valence-corrected chi connectivity index (χ2v) is 5.76. The Kier molecular flexibility index (Phi) is 4.50. The van der Waals surface area contributed by atoms with Gasteiger partial charge in [0, 0.05) is 11.1 Å². The molecule has 2 aromatic rings. The maximum Gasteiger partial charge on any atom is 0.0897 e. The topological polar surface area (TPSA) is 24.9 Å². The van der Waals surface area contributed by atoms with Gasteiger partial charge in [0.1, 0.15) is 0 Å². The van der Waals surface area contributed by atoms with Crippen LogP contribution in [0.3, 0.4) is 0 Å². The molecule has 0 aliphatic carbocycles. The summed E-state index contributed by atoms with van der Waals surface area (Å²) in [6.45, 7) is 4.26. The molecule has 0 spiro atoms. The van der Waals surface area contributed by atoms with Crippen LogP contribution in [0.2, 0.25) is 0 Å². The van der Waals surface area contributed by atoms with Crippen molar-refractivity contribution in [2.75, 3.05) is 7.05 Å². The van der Waals surface area contributed by atoms with Crippen molar-refractivity contribution in [1.29, 1.82) is 0 Å². The lowest BCUT2D eigenvalue weighted by Gasteiger charge is -2.15. The van der Waals surface area contributed by atoms with Crippen LogP contribution in [0, 0.1) is 6.92 Å². The average Bonchev–Trinajstić information content (AvgIpc) is 2.79. The monoisotopic (exact) mass is 260 g/mol. The van der Waals surface area contributed by atoms with E-state index < -0.39 is 0 Å². The van der Waals surface area contributed by atoms with Crippen LogP contribution in [0.4, 0.5) is 0 Å². The van der Waals surface area contributed by atoms with Crippen molar-refractivity contribution in [3.8, 4) is 0 Å². The SMILES string of the molecule is CCCc1ccc(C(NC)c2cnc(C)s2)cc1. The summed E-state index contributed by atoms with van der Waals surface area (Å²) in [4.78, 5) is 5.61. The number of hydrogen-bond acceptors (Lipinski definition) is 3. The number of nitrogens with zero attached hydrogens (tertiary/aromatic N) is 1. The number of aryl methyl sites for hydroxylation is 2. The minimum atomic E-state index is 0.256. The summed E-state index contributed by atoms with van der Waals surface area (Å²) in [6.07, 6.45) is 4.33. The van der Waals surface area contributed by atoms with E-state index in [-0.39, 0.29) is 6.04 Å². The van der Waals surface area contributed by atoms with Gasteiger partial charge in [0.2, 0.25) is 0 Å². The molecule has 1 aromatic heterocycles. The second kappa shape index (κ2) is 6.12. The van der Waals surface area contributed by atoms with E-state index in [2.05, 4.69) is 41.5 Å². The highest BCUT2D eigenvalue weighted by Crippen LogP contribution is 2.26. The Hall–Kier alpha value is -1.19. The Bertz CT molecular complexity index is 487. The molecule has 0 aliphatic rings. The predicted octanol–water partition coefficient (Wildman–Crippen LogP) is 3.71. The van der Waals surface area contributed by atoms with Crippen LogP contribution in [0.15, 0.2) is 30.5 Å². The van der Waals surface area contributed by atoms with Gasteiger partial charge in [0.15, 0.2) is 0 Å². The molecule has 0 aliphatic heterocycles. The molecule has 0 saturated heterocycles. The van der Waals surface area contributed by atoms with Gasteiger partial charge in [0.05, 0.1) is 11.0 Å². The highest BCUT2D eigenvalue weighted by Gasteiger charge is 2.14. The van der Waals surface area contributed by atoms with Crippen molar-refractivity contribution in [2.24, 2.45) is 0 Å². The fourth-order valence-corrected chi connectivity index (χ4v) is 3.07. The maximum absolute atomic E-state index is 4.34. The Balaban J connectivity index is 2.22. The molecular weight excluding hydrogens is 240 g/mol. The molecule has 0 radical (unpaired) electrons. The lowest BCUT2D eigenvalue weighted by Crippen LogP contribution is -2.16. The Morgan fingerprint density at radius 2 is 2.00 bits per heavy atom. The third kappa shape index (κ3) is 2.98. The predicted molar refractivity (Wildman–Crippen MR) is 78.2 cm³/mol. The normalized spacial score (nSPS) is 12.6. The molecule has 0 saturated carbocycles. The quantitative estimate of drug-likeness (QED) is 0.886. The van der Waals surface area contributed by atoms with Gasteiger partial charge in [-0.2, -0.15) is 0 Å². The summed E-state index contributed by atoms with van der Waals surface area (Å²) in [5.41, 5.74) is 2.72. The fourth-order valence-electron chi connectivity index (χ4n) is 2.15. The summed E-state index contributed by atoms with van der Waals surface area (Å²) in [5, 5.41) is 4.49. The first kappa shape index (κ1) is 13.2. The molecule has 1 unspecified atom stereocenters. The fraction of sp³-hybridized carbons (Fsp3) is 0.400. The lowest BCUT2D eigenvalue weighted by molar-refractivity contribution is 0.701. The van der Waals surface area contributed by atoms with Gasteiger partial charge in [-0.25, -0.2) is 4.98 Å². The highest BCUT2D eigenvalue weighted by molar-refractivity contribution is 7.11. The first-order valence-electron chi connectivity index (χ1n) is 6.43. The van der Waals surface area contributed by atoms with E-state index in [4.69, 9.17) is 0 Å². The van der Waals surface area contributed by atoms with Crippen molar-refractivity contribution in [1.82, 2.24) is 10.3 Å². The molecule has 2 nitrogen and oxygen atoms in total. The summed E-state index contributed by atoms with van der Waals surface area (Å²) in [5.74, 6) is 0. The first-order chi connectivity index (χ1) is 8.74. The van der Waals surface area contributed by atoms with Crippen LogP contribution in [-0.2, 0) is 6.42 Å². The number of nitrogens with one attached hydrogen (secondary N) is 1. The number of aromatic nitrogens is 1. The summed E-state index contributed by atoms with van der Waals surface area (Å²) < 4.78 is 0. The molecule has 2 rings (SSSR count). The van der Waals surface area contributed by atoms with Crippen LogP contribution >= 0.6 is 11.3 Å². The van der Waals surface area contributed by atoms with Crippen LogP contribution in [0.5, 0.6) is 0 Å². The van der Waals surface area contributed by atoms with Crippen LogP contribution in [0.1, 0.15) is 40.4 Å². The molecule has 96 valence electrons. The molecule has 1 aromatic carbocycles. The van der Waals surface area contributed by atoms with Gasteiger partial charge in [-0.15, -0.1) is 11.3 Å². The summed E-state index contributed by atoms with van der Waals surface area (Å²) in [6, 6.07) is 9.17. The molecule has 3 heteroatoms. The summed E-state index contributed by atoms with van der Waals surface area (Å²) in [7, 11) is 2.00. The molecule has 18 heavy (non-hydrogen) atoms. The maximum atomic E-state index is 4.34. The Morgan fingerprint density at radius 1 is 1.28 bits per heavy atom. The Labute approximate surface area is 113 Å². The smallest absolute Gasteiger partial charge is 0.0897 e. The molecule has 1 atom stereocenters. The zero-order chi connectivity index (χ0) is 13.0. The molecule has 1 N–H and O–H groups in total. The second-order valence-electron chi connectivity index (χ2n) is 4.49. The Morgan fingerprint density at radius 3 is 2.50 bits per heavy atom. The highest BCUT2D eigenvalue weighted by atomic mass is 32.1. The van der Waals surface area contributed by atoms with Crippen molar-refractivity contribution in [3.63, 3.8) is 0 Å². The van der Waals surface area contributed by atoms with E-state index in [1.165, 1.54) is 22.4 Å². The van der Waals surface area contributed by atoms with Crippen LogP contribution < -0.4 is 5.32 Å². The molecule has 0 bridgehead atoms. The minimum absolute atomic E-state index is 0.256. The van der Waals surface area contributed by atoms with E-state index in [1.807, 2.05) is 20.2 Å². The molecular formula is C15H20N2S. The standard InChI is InChI=1S/C15H20N2S/c1-4-5-12-6-8-13(9-7-12)15(16-3)14-10-17-11(2)18-14/h6-10,15-16H,4-5H2,1-3H3. The third-order valence-electron chi connectivity index (χ3n) is 3.06. The van der Waals surface area contributed by atoms with E-state index in [9.17, 15) is 0 Å². The third-order valence-corrected chi connectivity index (χ3v) is 4.04. The van der Waals surface area contributed by atoms with E-state index in [0.717, 1.165) is 11.4 Å². The number of rotatable bonds is 5. The zero-order valence-electron chi connectivity index (χ0n) is 11.2. The van der Waals surface area contributed by atoms with E-state index >= 15 is 0 Å². The van der Waals surface area contributed by atoms with Crippen LogP contribution in [0.25, 0.3) is 0 Å². The molecule has 1 heterocycles. The van der Waals surface area contributed by atoms with E-state index in [0.29, 0.717) is 0 Å². The van der Waals surface area contributed by atoms with Gasteiger partial charge in [-0.1, -0.05) is 37.6 Å². The van der Waals surface area contributed by atoms with Gasteiger partial charge >= 0.3 is 0 Å². The van der Waals surface area contributed by atoms with Crippen molar-refractivity contribution in [2.45, 2.75) is 32.7 Å². The number of hydrogen-bond donors (Lipinski definition) is 1. The van der Waals surface area contributed by atoms with Gasteiger partial charge in [0.25, 0.3) is 0 Å². The van der Waals surface area contributed by atoms with Crippen LogP contribution in [-0.4, -0.2) is 12.0 Å². The van der Waals surface area contributed by atoms with Crippen molar-refractivity contribution in [3.05, 3.63) is 51.5 Å². The zero-order valence-corrected chi connectivity index (χ0v) is 12.1. The minimum Gasteiger partial charge on any atom is -0.309 e. The molecule has 0 fully saturated rings. The first-order valence-corrected chi connectivity index (χ1v) is 7.24. The largest absolute Gasteiger partial charge is 0.309 e.